The number of rotatable bonds is 3. The Hall–Kier alpha value is -2.99. The van der Waals surface area contributed by atoms with Gasteiger partial charge < -0.3 is 0 Å². The molecule has 0 aliphatic heterocycles. The van der Waals surface area contributed by atoms with Crippen LogP contribution >= 0.6 is 0 Å². The third-order valence-corrected chi connectivity index (χ3v) is 5.28. The smallest absolute Gasteiger partial charge is 0.229 e. The van der Waals surface area contributed by atoms with Crippen LogP contribution in [0.25, 0.3) is 11.6 Å². The topological polar surface area (TPSA) is 59.1 Å². The second-order valence-electron chi connectivity index (χ2n) is 6.86. The zero-order valence-electron chi connectivity index (χ0n) is 15.3. The highest BCUT2D eigenvalue weighted by Crippen LogP contribution is 2.34. The Kier molecular flexibility index (Phi) is 4.73. The highest BCUT2D eigenvalue weighted by Gasteiger charge is 2.19. The molecule has 0 atom stereocenters. The first kappa shape index (κ1) is 18.4. The monoisotopic (exact) mass is 394 g/mol. The Morgan fingerprint density at radius 2 is 1.89 bits per heavy atom. The molecule has 0 saturated carbocycles. The van der Waals surface area contributed by atoms with Crippen molar-refractivity contribution in [1.82, 2.24) is 4.98 Å². The summed E-state index contributed by atoms with van der Waals surface area (Å²) >= 11 is 0. The summed E-state index contributed by atoms with van der Waals surface area (Å²) in [7, 11) is -3.36. The van der Waals surface area contributed by atoms with Crippen LogP contribution in [0.2, 0.25) is 0 Å². The number of aromatic nitrogens is 1. The molecule has 1 N–H and O–H groups in total. The molecule has 1 aromatic heterocycles. The van der Waals surface area contributed by atoms with Crippen LogP contribution in [0.4, 0.5) is 10.1 Å². The maximum Gasteiger partial charge on any atom is 0.229 e. The molecule has 0 spiro atoms. The van der Waals surface area contributed by atoms with Crippen molar-refractivity contribution in [3.8, 4) is 0 Å². The Balaban J connectivity index is 1.88. The average molecular weight is 394 g/mol. The molecule has 1 heterocycles. The van der Waals surface area contributed by atoms with Crippen LogP contribution in [0, 0.1) is 5.82 Å². The number of hydrogen-bond acceptors (Lipinski definition) is 3. The summed E-state index contributed by atoms with van der Waals surface area (Å²) in [5.74, 6) is -0.253. The van der Waals surface area contributed by atoms with Crippen molar-refractivity contribution in [2.75, 3.05) is 11.0 Å². The number of sulfonamides is 1. The highest BCUT2D eigenvalue weighted by atomic mass is 32.2. The highest BCUT2D eigenvalue weighted by molar-refractivity contribution is 7.92. The van der Waals surface area contributed by atoms with Crippen molar-refractivity contribution in [2.45, 2.75) is 12.8 Å². The minimum absolute atomic E-state index is 0.253. The summed E-state index contributed by atoms with van der Waals surface area (Å²) in [6, 6.07) is 15.9. The molecule has 6 heteroatoms. The maximum atomic E-state index is 13.8. The molecule has 28 heavy (non-hydrogen) atoms. The van der Waals surface area contributed by atoms with Crippen LogP contribution in [0.1, 0.15) is 27.9 Å². The SMILES string of the molecule is CS(=O)(=O)Nc1cccc(/C=C2/c3ccc(F)cc3CCc3ncccc32)c1. The summed E-state index contributed by atoms with van der Waals surface area (Å²) in [6.45, 7) is 0. The standard InChI is InChI=1S/C22H19FN2O2S/c1-28(26,27)25-18-5-2-4-15(12-18)13-21-19-9-8-17(23)14-16(19)7-10-22-20(21)6-3-11-24-22/h2-6,8-9,11-14,25H,7,10H2,1H3/b21-13-. The van der Waals surface area contributed by atoms with Gasteiger partial charge in [0.1, 0.15) is 5.82 Å². The Labute approximate surface area is 163 Å². The van der Waals surface area contributed by atoms with Crippen molar-refractivity contribution < 1.29 is 12.8 Å². The van der Waals surface area contributed by atoms with E-state index in [2.05, 4.69) is 9.71 Å². The minimum atomic E-state index is -3.36. The summed E-state index contributed by atoms with van der Waals surface area (Å²) in [4.78, 5) is 4.52. The molecule has 4 rings (SSSR count). The molecule has 0 radical (unpaired) electrons. The van der Waals surface area contributed by atoms with Gasteiger partial charge in [0, 0.05) is 23.1 Å². The lowest BCUT2D eigenvalue weighted by Gasteiger charge is -2.12. The normalized spacial score (nSPS) is 14.9. The number of hydrogen-bond donors (Lipinski definition) is 1. The number of pyridine rings is 1. The van der Waals surface area contributed by atoms with E-state index >= 15 is 0 Å². The fourth-order valence-corrected chi connectivity index (χ4v) is 4.10. The predicted octanol–water partition coefficient (Wildman–Crippen LogP) is 4.28. The Morgan fingerprint density at radius 3 is 2.71 bits per heavy atom. The van der Waals surface area contributed by atoms with E-state index in [1.807, 2.05) is 24.3 Å². The van der Waals surface area contributed by atoms with Gasteiger partial charge in [0.05, 0.1) is 6.26 Å². The number of nitrogens with zero attached hydrogens (tertiary/aromatic N) is 1. The number of fused-ring (bicyclic) bond motifs is 2. The van der Waals surface area contributed by atoms with Crippen LogP contribution in [0.5, 0.6) is 0 Å². The third-order valence-electron chi connectivity index (χ3n) is 4.67. The quantitative estimate of drug-likeness (QED) is 0.721. The maximum absolute atomic E-state index is 13.8. The molecule has 0 fully saturated rings. The lowest BCUT2D eigenvalue weighted by molar-refractivity contribution is 0.607. The first-order valence-electron chi connectivity index (χ1n) is 8.92. The van der Waals surface area contributed by atoms with E-state index in [-0.39, 0.29) is 5.82 Å². The van der Waals surface area contributed by atoms with Crippen LogP contribution in [0.3, 0.4) is 0 Å². The second kappa shape index (κ2) is 7.20. The molecule has 1 aliphatic carbocycles. The van der Waals surface area contributed by atoms with Gasteiger partial charge in [0.25, 0.3) is 0 Å². The molecule has 0 unspecified atom stereocenters. The molecule has 2 aromatic carbocycles. The molecule has 0 saturated heterocycles. The van der Waals surface area contributed by atoms with E-state index in [9.17, 15) is 12.8 Å². The van der Waals surface area contributed by atoms with E-state index in [1.54, 1.807) is 36.5 Å². The lowest BCUT2D eigenvalue weighted by Crippen LogP contribution is -2.09. The molecule has 4 nitrogen and oxygen atoms in total. The molecular weight excluding hydrogens is 375 g/mol. The Bertz CT molecular complexity index is 1190. The van der Waals surface area contributed by atoms with Gasteiger partial charge in [-0.3, -0.25) is 9.71 Å². The van der Waals surface area contributed by atoms with E-state index < -0.39 is 10.0 Å². The zero-order chi connectivity index (χ0) is 19.7. The summed E-state index contributed by atoms with van der Waals surface area (Å²) in [5, 5.41) is 0. The van der Waals surface area contributed by atoms with E-state index in [0.717, 1.165) is 46.2 Å². The number of nitrogens with one attached hydrogen (secondary N) is 1. The van der Waals surface area contributed by atoms with Gasteiger partial charge in [-0.25, -0.2) is 12.8 Å². The average Bonchev–Trinajstić information content (AvgIpc) is 2.78. The molecule has 1 aliphatic rings. The van der Waals surface area contributed by atoms with Crippen LogP contribution in [-0.2, 0) is 22.9 Å². The van der Waals surface area contributed by atoms with Crippen molar-refractivity contribution in [3.63, 3.8) is 0 Å². The number of aryl methyl sites for hydroxylation is 2. The fraction of sp³-hybridized carbons (Fsp3) is 0.136. The van der Waals surface area contributed by atoms with Crippen molar-refractivity contribution in [1.29, 1.82) is 0 Å². The summed E-state index contributed by atoms with van der Waals surface area (Å²) in [6.07, 6.45) is 6.33. The first-order valence-corrected chi connectivity index (χ1v) is 10.8. The van der Waals surface area contributed by atoms with Gasteiger partial charge in [0.2, 0.25) is 10.0 Å². The van der Waals surface area contributed by atoms with Gasteiger partial charge in [0.15, 0.2) is 0 Å². The largest absolute Gasteiger partial charge is 0.284 e. The molecule has 3 aromatic rings. The molecule has 0 bridgehead atoms. The summed E-state index contributed by atoms with van der Waals surface area (Å²) in [5.41, 5.74) is 6.17. The third kappa shape index (κ3) is 3.97. The lowest BCUT2D eigenvalue weighted by atomic mass is 9.93. The van der Waals surface area contributed by atoms with Gasteiger partial charge in [-0.2, -0.15) is 0 Å². The van der Waals surface area contributed by atoms with Gasteiger partial charge >= 0.3 is 0 Å². The van der Waals surface area contributed by atoms with Crippen molar-refractivity contribution in [3.05, 3.63) is 94.6 Å². The second-order valence-corrected chi connectivity index (χ2v) is 8.61. The number of anilines is 1. The zero-order valence-corrected chi connectivity index (χ0v) is 16.1. The van der Waals surface area contributed by atoms with E-state index in [4.69, 9.17) is 0 Å². The first-order chi connectivity index (χ1) is 13.4. The van der Waals surface area contributed by atoms with Crippen molar-refractivity contribution in [2.24, 2.45) is 0 Å². The van der Waals surface area contributed by atoms with Gasteiger partial charge in [-0.1, -0.05) is 24.3 Å². The fourth-order valence-electron chi connectivity index (χ4n) is 3.54. The van der Waals surface area contributed by atoms with Crippen LogP contribution in [0.15, 0.2) is 60.8 Å². The Morgan fingerprint density at radius 1 is 1.04 bits per heavy atom. The van der Waals surface area contributed by atoms with Crippen molar-refractivity contribution >= 4 is 27.4 Å². The molecule has 142 valence electrons. The number of halogens is 1. The van der Waals surface area contributed by atoms with Crippen LogP contribution < -0.4 is 4.72 Å². The van der Waals surface area contributed by atoms with E-state index in [0.29, 0.717) is 12.1 Å². The van der Waals surface area contributed by atoms with Crippen LogP contribution in [-0.4, -0.2) is 19.7 Å². The number of benzene rings is 2. The molecular formula is C22H19FN2O2S. The van der Waals surface area contributed by atoms with Gasteiger partial charge in [-0.15, -0.1) is 0 Å². The molecule has 0 amide bonds. The van der Waals surface area contributed by atoms with Gasteiger partial charge in [-0.05, 0) is 71.5 Å². The predicted molar refractivity (Wildman–Crippen MR) is 110 cm³/mol. The summed E-state index contributed by atoms with van der Waals surface area (Å²) < 4.78 is 39.4. The van der Waals surface area contributed by atoms with E-state index in [1.165, 1.54) is 6.07 Å². The minimum Gasteiger partial charge on any atom is -0.284 e.